The minimum absolute atomic E-state index is 0.0676. The number of non-ortho nitro benzene ring substituents is 1. The monoisotopic (exact) mass is 466 g/mol. The van der Waals surface area contributed by atoms with Gasteiger partial charge in [-0.05, 0) is 17.7 Å². The van der Waals surface area contributed by atoms with Crippen LogP contribution in [0.15, 0.2) is 76.1 Å². The van der Waals surface area contributed by atoms with Crippen LogP contribution in [0.4, 0.5) is 5.69 Å². The molecule has 1 atom stereocenters. The van der Waals surface area contributed by atoms with Crippen molar-refractivity contribution in [2.24, 2.45) is 0 Å². The zero-order valence-electron chi connectivity index (χ0n) is 16.2. The molecule has 0 spiro atoms. The Balaban J connectivity index is 1.62. The molecule has 0 radical (unpaired) electrons. The molecule has 1 aliphatic heterocycles. The van der Waals surface area contributed by atoms with Gasteiger partial charge in [-0.1, -0.05) is 66.4 Å². The first-order valence-electron chi connectivity index (χ1n) is 9.24. The standard InChI is InChI=1S/C22H14N2O6S2/c25-20-18(32-22(31)23(20)19(21(26)27)13-5-2-1-3-6-13)12-16-9-10-17(30-16)14-7-4-8-15(11-14)24(28)29/h1-12,19H,(H,26,27)/b18-12+/t19-/m1/s1. The van der Waals surface area contributed by atoms with Gasteiger partial charge < -0.3 is 9.52 Å². The van der Waals surface area contributed by atoms with Gasteiger partial charge >= 0.3 is 5.97 Å². The SMILES string of the molecule is O=C(O)[C@@H](c1ccccc1)N1C(=O)/C(=C\c2ccc(-c3cccc([N+](=O)[O-])c3)o2)SC1=S. The van der Waals surface area contributed by atoms with Crippen LogP contribution < -0.4 is 0 Å². The number of carbonyl (C=O) groups is 2. The first-order chi connectivity index (χ1) is 15.3. The molecular formula is C22H14N2O6S2. The molecule has 8 nitrogen and oxygen atoms in total. The lowest BCUT2D eigenvalue weighted by Crippen LogP contribution is -2.37. The highest BCUT2D eigenvalue weighted by Crippen LogP contribution is 2.39. The number of hydrogen-bond acceptors (Lipinski definition) is 7. The molecule has 1 saturated heterocycles. The smallest absolute Gasteiger partial charge is 0.331 e. The van der Waals surface area contributed by atoms with E-state index in [-0.39, 0.29) is 14.9 Å². The number of carbonyl (C=O) groups excluding carboxylic acids is 1. The summed E-state index contributed by atoms with van der Waals surface area (Å²) >= 11 is 6.28. The van der Waals surface area contributed by atoms with Gasteiger partial charge in [0.05, 0.1) is 9.83 Å². The van der Waals surface area contributed by atoms with Crippen molar-refractivity contribution in [3.05, 3.63) is 93.1 Å². The summed E-state index contributed by atoms with van der Waals surface area (Å²) in [6, 6.07) is 16.4. The van der Waals surface area contributed by atoms with Gasteiger partial charge in [-0.2, -0.15) is 0 Å². The number of hydrogen-bond donors (Lipinski definition) is 1. The molecule has 32 heavy (non-hydrogen) atoms. The van der Waals surface area contributed by atoms with Gasteiger partial charge in [0, 0.05) is 23.8 Å². The van der Waals surface area contributed by atoms with E-state index in [1.54, 1.807) is 54.6 Å². The maximum atomic E-state index is 13.0. The second-order valence-electron chi connectivity index (χ2n) is 6.71. The Hall–Kier alpha value is -3.76. The molecule has 2 heterocycles. The zero-order valence-corrected chi connectivity index (χ0v) is 17.8. The Morgan fingerprint density at radius 2 is 1.91 bits per heavy atom. The lowest BCUT2D eigenvalue weighted by atomic mass is 10.1. The fourth-order valence-electron chi connectivity index (χ4n) is 3.23. The van der Waals surface area contributed by atoms with Gasteiger partial charge in [-0.25, -0.2) is 4.79 Å². The molecule has 1 N–H and O–H groups in total. The van der Waals surface area contributed by atoms with Gasteiger partial charge in [0.15, 0.2) is 6.04 Å². The normalized spacial score (nSPS) is 15.9. The van der Waals surface area contributed by atoms with Crippen LogP contribution in [-0.2, 0) is 9.59 Å². The molecule has 10 heteroatoms. The van der Waals surface area contributed by atoms with Gasteiger partial charge in [0.25, 0.3) is 11.6 Å². The fraction of sp³-hybridized carbons (Fsp3) is 0.0455. The maximum absolute atomic E-state index is 13.0. The van der Waals surface area contributed by atoms with Crippen LogP contribution in [0, 0.1) is 10.1 Å². The molecule has 0 unspecified atom stereocenters. The summed E-state index contributed by atoms with van der Waals surface area (Å²) < 4.78 is 5.86. The second-order valence-corrected chi connectivity index (χ2v) is 8.39. The number of furan rings is 1. The van der Waals surface area contributed by atoms with Crippen molar-refractivity contribution in [1.82, 2.24) is 4.90 Å². The molecule has 0 bridgehead atoms. The number of amides is 1. The van der Waals surface area contributed by atoms with Gasteiger partial charge in [0.1, 0.15) is 15.8 Å². The maximum Gasteiger partial charge on any atom is 0.331 e. The predicted molar refractivity (Wildman–Crippen MR) is 123 cm³/mol. The number of nitro benzene ring substituents is 1. The van der Waals surface area contributed by atoms with E-state index in [9.17, 15) is 24.8 Å². The van der Waals surface area contributed by atoms with E-state index in [0.717, 1.165) is 16.7 Å². The van der Waals surface area contributed by atoms with Crippen LogP contribution in [-0.4, -0.2) is 31.1 Å². The quantitative estimate of drug-likeness (QED) is 0.237. The number of nitro groups is 1. The van der Waals surface area contributed by atoms with E-state index in [2.05, 4.69) is 0 Å². The summed E-state index contributed by atoms with van der Waals surface area (Å²) in [5.41, 5.74) is 0.881. The van der Waals surface area contributed by atoms with E-state index in [1.165, 1.54) is 18.2 Å². The van der Waals surface area contributed by atoms with Crippen LogP contribution >= 0.6 is 24.0 Å². The zero-order chi connectivity index (χ0) is 22.8. The Morgan fingerprint density at radius 1 is 1.16 bits per heavy atom. The number of thiocarbonyl (C=S) groups is 1. The fourth-order valence-corrected chi connectivity index (χ4v) is 4.52. The molecule has 2 aromatic carbocycles. The number of thioether (sulfide) groups is 1. The molecule has 0 saturated carbocycles. The molecular weight excluding hydrogens is 452 g/mol. The molecule has 4 rings (SSSR count). The van der Waals surface area contributed by atoms with Gasteiger partial charge in [-0.15, -0.1) is 0 Å². The lowest BCUT2D eigenvalue weighted by molar-refractivity contribution is -0.384. The molecule has 160 valence electrons. The Bertz CT molecular complexity index is 1270. The molecule has 1 aromatic heterocycles. The van der Waals surface area contributed by atoms with Crippen LogP contribution in [0.3, 0.4) is 0 Å². The van der Waals surface area contributed by atoms with Crippen molar-refractivity contribution in [1.29, 1.82) is 0 Å². The number of carboxylic acids is 1. The van der Waals surface area contributed by atoms with Crippen molar-refractivity contribution in [2.45, 2.75) is 6.04 Å². The van der Waals surface area contributed by atoms with Crippen LogP contribution in [0.2, 0.25) is 0 Å². The molecule has 1 fully saturated rings. The summed E-state index contributed by atoms with van der Waals surface area (Å²) in [5, 5.41) is 20.7. The van der Waals surface area contributed by atoms with Crippen LogP contribution in [0.25, 0.3) is 17.4 Å². The summed E-state index contributed by atoms with van der Waals surface area (Å²) in [6.07, 6.45) is 1.48. The Morgan fingerprint density at radius 3 is 2.59 bits per heavy atom. The van der Waals surface area contributed by atoms with Crippen LogP contribution in [0.5, 0.6) is 0 Å². The highest BCUT2D eigenvalue weighted by Gasteiger charge is 2.41. The van der Waals surface area contributed by atoms with Crippen molar-refractivity contribution < 1.29 is 24.0 Å². The highest BCUT2D eigenvalue weighted by atomic mass is 32.2. The number of nitrogens with zero attached hydrogens (tertiary/aromatic N) is 2. The average molecular weight is 466 g/mol. The molecule has 0 aliphatic carbocycles. The summed E-state index contributed by atoms with van der Waals surface area (Å²) in [5.74, 6) is -1.01. The van der Waals surface area contributed by atoms with E-state index < -0.39 is 22.8 Å². The Kier molecular flexibility index (Phi) is 5.89. The first-order valence-corrected chi connectivity index (χ1v) is 10.5. The van der Waals surface area contributed by atoms with Crippen molar-refractivity contribution in [2.75, 3.05) is 0 Å². The third kappa shape index (κ3) is 4.18. The molecule has 3 aromatic rings. The molecule has 1 amide bonds. The largest absolute Gasteiger partial charge is 0.479 e. The van der Waals surface area contributed by atoms with Gasteiger partial charge in [0.2, 0.25) is 0 Å². The highest BCUT2D eigenvalue weighted by molar-refractivity contribution is 8.26. The third-order valence-electron chi connectivity index (χ3n) is 4.67. The number of carboxylic acid groups (broad SMARTS) is 1. The van der Waals surface area contributed by atoms with Gasteiger partial charge in [-0.3, -0.25) is 19.8 Å². The number of benzene rings is 2. The molecule has 1 aliphatic rings. The topological polar surface area (TPSA) is 114 Å². The number of aliphatic carboxylic acids is 1. The lowest BCUT2D eigenvalue weighted by Gasteiger charge is -2.23. The van der Waals surface area contributed by atoms with E-state index in [0.29, 0.717) is 22.6 Å². The third-order valence-corrected chi connectivity index (χ3v) is 6.00. The van der Waals surface area contributed by atoms with E-state index in [1.807, 2.05) is 0 Å². The predicted octanol–water partition coefficient (Wildman–Crippen LogP) is 4.88. The van der Waals surface area contributed by atoms with E-state index in [4.69, 9.17) is 16.6 Å². The van der Waals surface area contributed by atoms with Crippen molar-refractivity contribution in [3.63, 3.8) is 0 Å². The van der Waals surface area contributed by atoms with Crippen molar-refractivity contribution in [3.8, 4) is 11.3 Å². The summed E-state index contributed by atoms with van der Waals surface area (Å²) in [6.45, 7) is 0. The number of rotatable bonds is 6. The summed E-state index contributed by atoms with van der Waals surface area (Å²) in [4.78, 5) is 36.7. The first kappa shape index (κ1) is 21.5. The van der Waals surface area contributed by atoms with Crippen LogP contribution in [0.1, 0.15) is 17.4 Å². The minimum Gasteiger partial charge on any atom is -0.479 e. The minimum atomic E-state index is -1.24. The average Bonchev–Trinajstić information content (AvgIpc) is 3.35. The van der Waals surface area contributed by atoms with Crippen molar-refractivity contribution >= 4 is 51.9 Å². The Labute approximate surface area is 191 Å². The second kappa shape index (κ2) is 8.77. The van der Waals surface area contributed by atoms with E-state index >= 15 is 0 Å². The summed E-state index contributed by atoms with van der Waals surface area (Å²) in [7, 11) is 0.